The smallest absolute Gasteiger partial charge is 0.240 e. The number of ether oxygens (including phenoxy) is 1. The molecule has 0 spiro atoms. The minimum Gasteiger partial charge on any atom is -0.496 e. The highest BCUT2D eigenvalue weighted by atomic mass is 35.5. The van der Waals surface area contributed by atoms with Crippen LogP contribution in [0.2, 0.25) is 5.02 Å². The maximum atomic E-state index is 5.94. The van der Waals surface area contributed by atoms with Crippen molar-refractivity contribution in [2.75, 3.05) is 14.2 Å². The summed E-state index contributed by atoms with van der Waals surface area (Å²) in [5, 5.41) is 7.42. The molecule has 0 amide bonds. The molecule has 0 aliphatic heterocycles. The molecule has 0 fully saturated rings. The normalized spacial score (nSPS) is 10.5. The van der Waals surface area contributed by atoms with Gasteiger partial charge in [0.05, 0.1) is 19.2 Å². The van der Waals surface area contributed by atoms with Gasteiger partial charge >= 0.3 is 0 Å². The first-order chi connectivity index (χ1) is 8.24. The van der Waals surface area contributed by atoms with Crippen LogP contribution in [0.1, 0.15) is 5.89 Å². The molecule has 1 N–H and O–H groups in total. The van der Waals surface area contributed by atoms with Crippen molar-refractivity contribution >= 4 is 11.6 Å². The van der Waals surface area contributed by atoms with Crippen molar-refractivity contribution in [3.8, 4) is 17.1 Å². The quantitative estimate of drug-likeness (QED) is 0.904. The van der Waals surface area contributed by atoms with Crippen LogP contribution in [-0.2, 0) is 6.54 Å². The van der Waals surface area contributed by atoms with Gasteiger partial charge in [0.1, 0.15) is 5.75 Å². The number of methoxy groups -OCH3 is 1. The summed E-state index contributed by atoms with van der Waals surface area (Å²) in [5.41, 5.74) is 0.714. The summed E-state index contributed by atoms with van der Waals surface area (Å²) in [7, 11) is 3.39. The second-order valence-corrected chi connectivity index (χ2v) is 3.82. The highest BCUT2D eigenvalue weighted by Gasteiger charge is 2.13. The Balaban J connectivity index is 2.40. The number of rotatable bonds is 4. The van der Waals surface area contributed by atoms with Gasteiger partial charge in [-0.3, -0.25) is 0 Å². The molecule has 1 heterocycles. The molecule has 0 aliphatic carbocycles. The summed E-state index contributed by atoms with van der Waals surface area (Å²) in [6.07, 6.45) is 0. The Labute approximate surface area is 104 Å². The van der Waals surface area contributed by atoms with Gasteiger partial charge in [-0.25, -0.2) is 0 Å². The first kappa shape index (κ1) is 11.9. The third kappa shape index (κ3) is 2.57. The number of nitrogens with one attached hydrogen (secondary N) is 1. The number of benzene rings is 1. The second kappa shape index (κ2) is 5.16. The average Bonchev–Trinajstić information content (AvgIpc) is 2.78. The maximum Gasteiger partial charge on any atom is 0.240 e. The van der Waals surface area contributed by atoms with Crippen molar-refractivity contribution in [2.45, 2.75) is 6.54 Å². The van der Waals surface area contributed by atoms with Crippen LogP contribution in [0.5, 0.6) is 5.75 Å². The molecule has 0 saturated heterocycles. The fourth-order valence-corrected chi connectivity index (χ4v) is 1.61. The lowest BCUT2D eigenvalue weighted by Gasteiger charge is -2.04. The van der Waals surface area contributed by atoms with Gasteiger partial charge in [0.15, 0.2) is 0 Å². The van der Waals surface area contributed by atoms with Gasteiger partial charge in [0, 0.05) is 5.02 Å². The van der Waals surface area contributed by atoms with E-state index in [4.69, 9.17) is 20.9 Å². The van der Waals surface area contributed by atoms with E-state index in [-0.39, 0.29) is 0 Å². The monoisotopic (exact) mass is 253 g/mol. The summed E-state index contributed by atoms with van der Waals surface area (Å²) in [6, 6.07) is 5.26. The van der Waals surface area contributed by atoms with E-state index in [0.717, 1.165) is 0 Å². The molecule has 1 aromatic heterocycles. The summed E-state index contributed by atoms with van der Waals surface area (Å²) in [4.78, 5) is 4.24. The molecule has 0 saturated carbocycles. The number of nitrogens with zero attached hydrogens (tertiary/aromatic N) is 2. The van der Waals surface area contributed by atoms with Crippen LogP contribution in [0.4, 0.5) is 0 Å². The van der Waals surface area contributed by atoms with Crippen LogP contribution >= 0.6 is 11.6 Å². The Morgan fingerprint density at radius 2 is 2.29 bits per heavy atom. The summed E-state index contributed by atoms with van der Waals surface area (Å²) >= 11 is 5.94. The van der Waals surface area contributed by atoms with Crippen molar-refractivity contribution in [3.05, 3.63) is 29.1 Å². The van der Waals surface area contributed by atoms with Crippen LogP contribution in [-0.4, -0.2) is 24.3 Å². The topological polar surface area (TPSA) is 60.2 Å². The van der Waals surface area contributed by atoms with E-state index in [2.05, 4.69) is 15.5 Å². The van der Waals surface area contributed by atoms with Gasteiger partial charge in [-0.2, -0.15) is 4.98 Å². The molecule has 0 radical (unpaired) electrons. The molecule has 0 unspecified atom stereocenters. The van der Waals surface area contributed by atoms with E-state index < -0.39 is 0 Å². The van der Waals surface area contributed by atoms with Crippen molar-refractivity contribution in [1.29, 1.82) is 0 Å². The van der Waals surface area contributed by atoms with Crippen LogP contribution in [0.3, 0.4) is 0 Å². The number of hydrogen-bond donors (Lipinski definition) is 1. The third-order valence-corrected chi connectivity index (χ3v) is 2.43. The minimum atomic E-state index is 0.467. The van der Waals surface area contributed by atoms with Gasteiger partial charge in [-0.1, -0.05) is 16.8 Å². The van der Waals surface area contributed by atoms with E-state index >= 15 is 0 Å². The molecule has 6 heteroatoms. The zero-order chi connectivity index (χ0) is 12.3. The zero-order valence-corrected chi connectivity index (χ0v) is 10.3. The number of hydrogen-bond acceptors (Lipinski definition) is 5. The molecular weight excluding hydrogens is 242 g/mol. The largest absolute Gasteiger partial charge is 0.496 e. The molecule has 2 rings (SSSR count). The molecule has 1 aromatic carbocycles. The first-order valence-corrected chi connectivity index (χ1v) is 5.43. The van der Waals surface area contributed by atoms with Gasteiger partial charge in [-0.05, 0) is 25.2 Å². The third-order valence-electron chi connectivity index (χ3n) is 2.20. The van der Waals surface area contributed by atoms with Crippen molar-refractivity contribution < 1.29 is 9.26 Å². The summed E-state index contributed by atoms with van der Waals surface area (Å²) < 4.78 is 10.3. The Hall–Kier alpha value is -1.59. The predicted molar refractivity (Wildman–Crippen MR) is 64.1 cm³/mol. The Bertz CT molecular complexity index is 513. The lowest BCUT2D eigenvalue weighted by Crippen LogP contribution is -2.04. The SMILES string of the molecule is CNCc1nc(-c2cc(Cl)ccc2OC)no1. The number of halogens is 1. The van der Waals surface area contributed by atoms with Crippen LogP contribution < -0.4 is 10.1 Å². The maximum absolute atomic E-state index is 5.94. The Morgan fingerprint density at radius 3 is 3.00 bits per heavy atom. The zero-order valence-electron chi connectivity index (χ0n) is 9.53. The molecule has 2 aromatic rings. The van der Waals surface area contributed by atoms with Gasteiger partial charge in [0.2, 0.25) is 11.7 Å². The predicted octanol–water partition coefficient (Wildman–Crippen LogP) is 2.12. The Morgan fingerprint density at radius 1 is 1.47 bits per heavy atom. The fraction of sp³-hybridized carbons (Fsp3) is 0.273. The molecular formula is C11H12ClN3O2. The molecule has 0 atom stereocenters. The second-order valence-electron chi connectivity index (χ2n) is 3.39. The van der Waals surface area contributed by atoms with E-state index in [1.165, 1.54) is 0 Å². The highest BCUT2D eigenvalue weighted by molar-refractivity contribution is 6.30. The van der Waals surface area contributed by atoms with Crippen molar-refractivity contribution in [1.82, 2.24) is 15.5 Å². The average molecular weight is 254 g/mol. The van der Waals surface area contributed by atoms with E-state index in [0.29, 0.717) is 34.6 Å². The molecule has 5 nitrogen and oxygen atoms in total. The van der Waals surface area contributed by atoms with Crippen LogP contribution in [0.25, 0.3) is 11.4 Å². The molecule has 90 valence electrons. The van der Waals surface area contributed by atoms with Crippen molar-refractivity contribution in [3.63, 3.8) is 0 Å². The van der Waals surface area contributed by atoms with Crippen molar-refractivity contribution in [2.24, 2.45) is 0 Å². The van der Waals surface area contributed by atoms with Gasteiger partial charge in [-0.15, -0.1) is 0 Å². The standard InChI is InChI=1S/C11H12ClN3O2/c1-13-6-10-14-11(15-17-10)8-5-7(12)3-4-9(8)16-2/h3-5,13H,6H2,1-2H3. The first-order valence-electron chi connectivity index (χ1n) is 5.05. The lowest BCUT2D eigenvalue weighted by molar-refractivity contribution is 0.371. The van der Waals surface area contributed by atoms with Crippen LogP contribution in [0, 0.1) is 0 Å². The van der Waals surface area contributed by atoms with E-state index in [1.807, 2.05) is 7.05 Å². The molecule has 0 aliphatic rings. The minimum absolute atomic E-state index is 0.467. The summed E-state index contributed by atoms with van der Waals surface area (Å²) in [6.45, 7) is 0.524. The van der Waals surface area contributed by atoms with E-state index in [1.54, 1.807) is 25.3 Å². The van der Waals surface area contributed by atoms with Crippen LogP contribution in [0.15, 0.2) is 22.7 Å². The Kier molecular flexibility index (Phi) is 3.61. The lowest BCUT2D eigenvalue weighted by atomic mass is 10.2. The summed E-state index contributed by atoms with van der Waals surface area (Å²) in [5.74, 6) is 1.64. The van der Waals surface area contributed by atoms with Gasteiger partial charge in [0.25, 0.3) is 0 Å². The van der Waals surface area contributed by atoms with Gasteiger partial charge < -0.3 is 14.6 Å². The molecule has 0 bridgehead atoms. The van der Waals surface area contributed by atoms with E-state index in [9.17, 15) is 0 Å². The highest BCUT2D eigenvalue weighted by Crippen LogP contribution is 2.30. The number of aromatic nitrogens is 2. The molecule has 17 heavy (non-hydrogen) atoms. The fourth-order valence-electron chi connectivity index (χ4n) is 1.44.